The number of benzene rings is 3. The summed E-state index contributed by atoms with van der Waals surface area (Å²) in [5.41, 5.74) is 2.10. The first-order valence-corrected chi connectivity index (χ1v) is 10.4. The number of nitriles is 1. The molecule has 0 radical (unpaired) electrons. The van der Waals surface area contributed by atoms with Crippen LogP contribution in [-0.4, -0.2) is 15.0 Å². The molecule has 162 valence electrons. The van der Waals surface area contributed by atoms with Crippen LogP contribution in [-0.2, 0) is 6.54 Å². The molecule has 4 rings (SSSR count). The second-order valence-corrected chi connectivity index (χ2v) is 7.56. The van der Waals surface area contributed by atoms with Gasteiger partial charge in [0.15, 0.2) is 5.82 Å². The standard InChI is InChI=1S/C23H14Cl2FN7/c24-16-8-10-17(11-9-16)29-22-30-21(20-18(25)2-1-3-19(20)26)31-23(32-22)33-28-13-15-6-4-14(12-27)5-7-15/h1-11H,13H2,(H,29,30,31,32). The number of anilines is 2. The fourth-order valence-corrected chi connectivity index (χ4v) is 3.19. The lowest BCUT2D eigenvalue weighted by Crippen LogP contribution is -2.02. The number of hydrogen-bond donors (Lipinski definition) is 1. The zero-order chi connectivity index (χ0) is 23.2. The molecule has 0 saturated heterocycles. The Kier molecular flexibility index (Phi) is 6.83. The second-order valence-electron chi connectivity index (χ2n) is 6.72. The third kappa shape index (κ3) is 5.66. The Morgan fingerprint density at radius 2 is 1.70 bits per heavy atom. The third-order valence-corrected chi connectivity index (χ3v) is 4.97. The van der Waals surface area contributed by atoms with Crippen molar-refractivity contribution >= 4 is 40.8 Å². The second kappa shape index (κ2) is 10.1. The lowest BCUT2D eigenvalue weighted by Gasteiger charge is -2.09. The Morgan fingerprint density at radius 1 is 0.939 bits per heavy atom. The van der Waals surface area contributed by atoms with Crippen LogP contribution in [0.4, 0.5) is 22.0 Å². The summed E-state index contributed by atoms with van der Waals surface area (Å²) in [6, 6.07) is 20.2. The molecule has 33 heavy (non-hydrogen) atoms. The van der Waals surface area contributed by atoms with Crippen molar-refractivity contribution in [1.82, 2.24) is 15.0 Å². The van der Waals surface area contributed by atoms with Crippen molar-refractivity contribution in [3.8, 4) is 17.5 Å². The van der Waals surface area contributed by atoms with E-state index in [1.807, 2.05) is 0 Å². The maximum absolute atomic E-state index is 14.5. The Morgan fingerprint density at radius 3 is 2.39 bits per heavy atom. The first kappa shape index (κ1) is 22.3. The Bertz CT molecular complexity index is 1330. The molecule has 1 N–H and O–H groups in total. The predicted molar refractivity (Wildman–Crippen MR) is 124 cm³/mol. The van der Waals surface area contributed by atoms with Crippen molar-refractivity contribution < 1.29 is 4.39 Å². The van der Waals surface area contributed by atoms with E-state index in [2.05, 4.69) is 36.6 Å². The minimum atomic E-state index is -0.577. The monoisotopic (exact) mass is 477 g/mol. The van der Waals surface area contributed by atoms with Gasteiger partial charge in [-0.3, -0.25) is 0 Å². The summed E-state index contributed by atoms with van der Waals surface area (Å²) in [6.45, 7) is 0.243. The maximum Gasteiger partial charge on any atom is 0.273 e. The molecule has 1 aromatic heterocycles. The molecule has 0 aliphatic carbocycles. The molecule has 0 bridgehead atoms. The molecule has 0 aliphatic rings. The molecule has 0 amide bonds. The van der Waals surface area contributed by atoms with Gasteiger partial charge in [-0.15, -0.1) is 5.11 Å². The van der Waals surface area contributed by atoms with E-state index in [0.29, 0.717) is 16.3 Å². The van der Waals surface area contributed by atoms with Gasteiger partial charge in [-0.25, -0.2) is 4.39 Å². The van der Waals surface area contributed by atoms with Crippen LogP contribution in [0.2, 0.25) is 10.0 Å². The lowest BCUT2D eigenvalue weighted by molar-refractivity contribution is 0.630. The van der Waals surface area contributed by atoms with Crippen molar-refractivity contribution in [2.24, 2.45) is 10.2 Å². The third-order valence-electron chi connectivity index (χ3n) is 4.41. The topological polar surface area (TPSA) is 99.2 Å². The highest BCUT2D eigenvalue weighted by atomic mass is 35.5. The molecule has 0 saturated carbocycles. The largest absolute Gasteiger partial charge is 0.324 e. The van der Waals surface area contributed by atoms with E-state index in [1.54, 1.807) is 54.6 Å². The van der Waals surface area contributed by atoms with Crippen LogP contribution in [0.5, 0.6) is 0 Å². The Labute approximate surface area is 198 Å². The number of aromatic nitrogens is 3. The molecular formula is C23H14Cl2FN7. The van der Waals surface area contributed by atoms with Crippen LogP contribution in [0.15, 0.2) is 77.0 Å². The highest BCUT2D eigenvalue weighted by Gasteiger charge is 2.16. The van der Waals surface area contributed by atoms with E-state index in [9.17, 15) is 4.39 Å². The van der Waals surface area contributed by atoms with Gasteiger partial charge in [0.05, 0.1) is 28.8 Å². The van der Waals surface area contributed by atoms with E-state index in [4.69, 9.17) is 28.5 Å². The summed E-state index contributed by atoms with van der Waals surface area (Å²) in [6.07, 6.45) is 0. The van der Waals surface area contributed by atoms with E-state index in [0.717, 1.165) is 5.56 Å². The molecule has 3 aromatic carbocycles. The summed E-state index contributed by atoms with van der Waals surface area (Å²) in [5.74, 6) is -0.457. The SMILES string of the molecule is N#Cc1ccc(CN=Nc2nc(Nc3ccc(Cl)cc3)nc(-c3c(F)cccc3Cl)n2)cc1. The first-order valence-electron chi connectivity index (χ1n) is 9.61. The molecule has 0 fully saturated rings. The van der Waals surface area contributed by atoms with Crippen molar-refractivity contribution in [2.45, 2.75) is 6.54 Å². The quantitative estimate of drug-likeness (QED) is 0.305. The number of azo groups is 1. The fourth-order valence-electron chi connectivity index (χ4n) is 2.82. The molecule has 0 unspecified atom stereocenters. The van der Waals surface area contributed by atoms with Gasteiger partial charge in [0.1, 0.15) is 5.82 Å². The Hall–Kier alpha value is -3.93. The Balaban J connectivity index is 1.67. The molecule has 0 spiro atoms. The van der Waals surface area contributed by atoms with Gasteiger partial charge in [-0.2, -0.15) is 25.3 Å². The van der Waals surface area contributed by atoms with Gasteiger partial charge in [0.25, 0.3) is 5.95 Å². The van der Waals surface area contributed by atoms with E-state index >= 15 is 0 Å². The molecule has 7 nitrogen and oxygen atoms in total. The van der Waals surface area contributed by atoms with Crippen molar-refractivity contribution in [1.29, 1.82) is 5.26 Å². The number of nitrogens with zero attached hydrogens (tertiary/aromatic N) is 6. The number of halogens is 3. The minimum Gasteiger partial charge on any atom is -0.324 e. The van der Waals surface area contributed by atoms with Crippen LogP contribution < -0.4 is 5.32 Å². The summed E-state index contributed by atoms with van der Waals surface area (Å²) in [7, 11) is 0. The zero-order valence-electron chi connectivity index (χ0n) is 16.9. The first-order chi connectivity index (χ1) is 16.0. The summed E-state index contributed by atoms with van der Waals surface area (Å²) in [4.78, 5) is 12.8. The van der Waals surface area contributed by atoms with Crippen molar-refractivity contribution in [2.75, 3.05) is 5.32 Å². The van der Waals surface area contributed by atoms with Crippen LogP contribution in [0.3, 0.4) is 0 Å². The minimum absolute atomic E-state index is 0.0110. The molecule has 0 aliphatic heterocycles. The van der Waals surface area contributed by atoms with Gasteiger partial charge in [0.2, 0.25) is 5.95 Å². The van der Waals surface area contributed by atoms with Gasteiger partial charge in [0, 0.05) is 10.7 Å². The molecule has 10 heteroatoms. The van der Waals surface area contributed by atoms with Crippen LogP contribution in [0.25, 0.3) is 11.4 Å². The normalized spacial score (nSPS) is 10.8. The zero-order valence-corrected chi connectivity index (χ0v) is 18.4. The molecule has 1 heterocycles. The lowest BCUT2D eigenvalue weighted by atomic mass is 10.1. The van der Waals surface area contributed by atoms with Gasteiger partial charge >= 0.3 is 0 Å². The number of hydrogen-bond acceptors (Lipinski definition) is 7. The van der Waals surface area contributed by atoms with E-state index < -0.39 is 5.82 Å². The van der Waals surface area contributed by atoms with Gasteiger partial charge in [-0.1, -0.05) is 41.4 Å². The summed E-state index contributed by atoms with van der Waals surface area (Å²) in [5, 5.41) is 20.8. The van der Waals surface area contributed by atoms with Gasteiger partial charge in [-0.05, 0) is 54.1 Å². The number of nitrogens with one attached hydrogen (secondary N) is 1. The van der Waals surface area contributed by atoms with Gasteiger partial charge < -0.3 is 5.32 Å². The van der Waals surface area contributed by atoms with E-state index in [-0.39, 0.29) is 34.9 Å². The average molecular weight is 478 g/mol. The maximum atomic E-state index is 14.5. The van der Waals surface area contributed by atoms with Crippen LogP contribution in [0.1, 0.15) is 11.1 Å². The van der Waals surface area contributed by atoms with Crippen molar-refractivity contribution in [3.63, 3.8) is 0 Å². The molecule has 0 atom stereocenters. The average Bonchev–Trinajstić information content (AvgIpc) is 2.81. The molecule has 4 aromatic rings. The molecular weight excluding hydrogens is 464 g/mol. The highest BCUT2D eigenvalue weighted by Crippen LogP contribution is 2.30. The smallest absolute Gasteiger partial charge is 0.273 e. The van der Waals surface area contributed by atoms with E-state index in [1.165, 1.54) is 12.1 Å². The van der Waals surface area contributed by atoms with Crippen molar-refractivity contribution in [3.05, 3.63) is 93.7 Å². The fraction of sp³-hybridized carbons (Fsp3) is 0.0435. The summed E-state index contributed by atoms with van der Waals surface area (Å²) < 4.78 is 14.5. The van der Waals surface area contributed by atoms with Crippen LogP contribution >= 0.6 is 23.2 Å². The summed E-state index contributed by atoms with van der Waals surface area (Å²) >= 11 is 12.1. The predicted octanol–water partition coefficient (Wildman–Crippen LogP) is 6.88. The number of rotatable bonds is 6. The highest BCUT2D eigenvalue weighted by molar-refractivity contribution is 6.33. The van der Waals surface area contributed by atoms with Crippen LogP contribution in [0, 0.1) is 17.1 Å².